The number of rotatable bonds is 1. The molecule has 5 nitrogen and oxygen atoms in total. The summed E-state index contributed by atoms with van der Waals surface area (Å²) < 4.78 is 5.98. The molecule has 1 saturated heterocycles. The van der Waals surface area contributed by atoms with Crippen LogP contribution in [0.1, 0.15) is 37.9 Å². The summed E-state index contributed by atoms with van der Waals surface area (Å²) in [4.78, 5) is 12.7. The molecule has 2 N–H and O–H groups in total. The van der Waals surface area contributed by atoms with Crippen molar-refractivity contribution in [2.45, 2.75) is 38.3 Å². The second-order valence-corrected chi connectivity index (χ2v) is 7.22. The number of phenolic OH excluding ortho intramolecular Hbond substituents is 1. The minimum Gasteiger partial charge on any atom is -0.507 e. The Morgan fingerprint density at radius 2 is 2.12 bits per heavy atom. The number of aromatic hydroxyl groups is 1. The molecule has 1 aromatic carbocycles. The molecule has 0 bridgehead atoms. The molecule has 2 aliphatic heterocycles. The first-order valence-electron chi connectivity index (χ1n) is 9.02. The number of fused-ring (bicyclic) bond motifs is 3. The summed E-state index contributed by atoms with van der Waals surface area (Å²) in [5.41, 5.74) is 2.20. The summed E-state index contributed by atoms with van der Waals surface area (Å²) in [5.74, 6) is 0.155. The van der Waals surface area contributed by atoms with Gasteiger partial charge in [0.25, 0.3) is 0 Å². The molecule has 5 rings (SSSR count). The number of nitrogens with one attached hydrogen (secondary N) is 1. The monoisotopic (exact) mass is 346 g/mol. The standard InChI is InChI=1S/C21H18N2O3/c1-10-13(9-22)19-20-14(24)6-5-11-15(25)8-12(16-4-2-3-7-26-16)18(17(11)20)21(19)23-10/h5-6,8,10,16,23,25H,2-4,7H2,1H3. The topological polar surface area (TPSA) is 82.3 Å². The van der Waals surface area contributed by atoms with Crippen LogP contribution < -0.4 is 16.0 Å². The van der Waals surface area contributed by atoms with Gasteiger partial charge in [-0.15, -0.1) is 0 Å². The molecule has 2 aliphatic carbocycles. The highest BCUT2D eigenvalue weighted by atomic mass is 16.5. The Labute approximate surface area is 149 Å². The highest BCUT2D eigenvalue weighted by molar-refractivity contribution is 5.96. The van der Waals surface area contributed by atoms with Gasteiger partial charge in [0.1, 0.15) is 5.75 Å². The van der Waals surface area contributed by atoms with E-state index in [0.29, 0.717) is 28.0 Å². The normalized spacial score (nSPS) is 22.5. The maximum absolute atomic E-state index is 12.7. The largest absolute Gasteiger partial charge is 0.507 e. The van der Waals surface area contributed by atoms with Gasteiger partial charge in [0.15, 0.2) is 5.43 Å². The minimum atomic E-state index is -0.137. The number of benzene rings is 1. The van der Waals surface area contributed by atoms with Gasteiger partial charge in [-0.25, -0.2) is 0 Å². The van der Waals surface area contributed by atoms with Crippen molar-refractivity contribution in [3.8, 4) is 11.8 Å². The predicted octanol–water partition coefficient (Wildman–Crippen LogP) is 2.52. The molecule has 2 unspecified atom stereocenters. The van der Waals surface area contributed by atoms with Gasteiger partial charge in [0, 0.05) is 33.0 Å². The summed E-state index contributed by atoms with van der Waals surface area (Å²) in [6.07, 6.45) is 2.89. The van der Waals surface area contributed by atoms with E-state index in [-0.39, 0.29) is 23.3 Å². The Bertz CT molecular complexity index is 1250. The van der Waals surface area contributed by atoms with Gasteiger partial charge in [0.2, 0.25) is 0 Å². The van der Waals surface area contributed by atoms with Crippen molar-refractivity contribution in [2.75, 3.05) is 11.9 Å². The molecular weight excluding hydrogens is 328 g/mol. The molecule has 2 heterocycles. The summed E-state index contributed by atoms with van der Waals surface area (Å²) >= 11 is 0. The van der Waals surface area contributed by atoms with Gasteiger partial charge < -0.3 is 15.2 Å². The molecule has 1 fully saturated rings. The first-order chi connectivity index (χ1) is 12.6. The average molecular weight is 346 g/mol. The summed E-state index contributed by atoms with van der Waals surface area (Å²) in [7, 11) is 0. The number of nitrogens with zero attached hydrogens (tertiary/aromatic N) is 1. The van der Waals surface area contributed by atoms with Gasteiger partial charge in [-0.2, -0.15) is 5.26 Å². The first kappa shape index (κ1) is 15.4. The van der Waals surface area contributed by atoms with Gasteiger partial charge in [-0.3, -0.25) is 4.79 Å². The van der Waals surface area contributed by atoms with Crippen LogP contribution in [0.25, 0.3) is 16.3 Å². The van der Waals surface area contributed by atoms with Crippen molar-refractivity contribution in [1.29, 1.82) is 5.26 Å². The molecule has 1 aromatic rings. The number of hydrogen-bond acceptors (Lipinski definition) is 5. The van der Waals surface area contributed by atoms with E-state index < -0.39 is 0 Å². The minimum absolute atomic E-state index is 0.104. The molecule has 0 radical (unpaired) electrons. The van der Waals surface area contributed by atoms with E-state index in [1.165, 1.54) is 6.07 Å². The smallest absolute Gasteiger partial charge is 0.187 e. The van der Waals surface area contributed by atoms with E-state index in [4.69, 9.17) is 4.74 Å². The van der Waals surface area contributed by atoms with E-state index in [9.17, 15) is 15.2 Å². The lowest BCUT2D eigenvalue weighted by molar-refractivity contribution is 0.0157. The van der Waals surface area contributed by atoms with Crippen molar-refractivity contribution in [1.82, 2.24) is 0 Å². The molecule has 2 atom stereocenters. The predicted molar refractivity (Wildman–Crippen MR) is 98.2 cm³/mol. The summed E-state index contributed by atoms with van der Waals surface area (Å²) in [6, 6.07) is 7.05. The highest BCUT2D eigenvalue weighted by Gasteiger charge is 2.30. The van der Waals surface area contributed by atoms with Gasteiger partial charge in [0.05, 0.1) is 29.5 Å². The number of nitriles is 1. The fraction of sp³-hybridized carbons (Fsp3) is 0.333. The maximum atomic E-state index is 12.7. The molecule has 0 saturated carbocycles. The lowest BCUT2D eigenvalue weighted by Gasteiger charge is -2.24. The Kier molecular flexibility index (Phi) is 3.16. The van der Waals surface area contributed by atoms with Gasteiger partial charge >= 0.3 is 0 Å². The fourth-order valence-corrected chi connectivity index (χ4v) is 4.58. The lowest BCUT2D eigenvalue weighted by Crippen LogP contribution is -2.15. The van der Waals surface area contributed by atoms with E-state index in [1.807, 2.05) is 6.92 Å². The Morgan fingerprint density at radius 3 is 2.85 bits per heavy atom. The SMILES string of the molecule is CC1Nc2c(c3c(=O)ccc4c(O)cc(C5CCCCO5)c2c4=3)=C1C#N. The van der Waals surface area contributed by atoms with Crippen LogP contribution in [0, 0.1) is 21.8 Å². The molecule has 0 spiro atoms. The Balaban J connectivity index is 2.04. The number of anilines is 1. The molecule has 26 heavy (non-hydrogen) atoms. The van der Waals surface area contributed by atoms with Crippen LogP contribution in [0.5, 0.6) is 5.75 Å². The molecule has 5 heteroatoms. The van der Waals surface area contributed by atoms with E-state index in [0.717, 1.165) is 41.1 Å². The summed E-state index contributed by atoms with van der Waals surface area (Å²) in [6.45, 7) is 2.63. The van der Waals surface area contributed by atoms with Crippen molar-refractivity contribution in [2.24, 2.45) is 0 Å². The molecular formula is C21H18N2O3. The van der Waals surface area contributed by atoms with Crippen LogP contribution in [0.2, 0.25) is 0 Å². The lowest BCUT2D eigenvalue weighted by atomic mass is 9.95. The maximum Gasteiger partial charge on any atom is 0.187 e. The van der Waals surface area contributed by atoms with Crippen LogP contribution in [-0.4, -0.2) is 17.8 Å². The zero-order valence-corrected chi connectivity index (χ0v) is 14.4. The highest BCUT2D eigenvalue weighted by Crippen LogP contribution is 2.40. The second kappa shape index (κ2) is 5.33. The van der Waals surface area contributed by atoms with Crippen molar-refractivity contribution < 1.29 is 9.84 Å². The summed E-state index contributed by atoms with van der Waals surface area (Å²) in [5, 5.41) is 27.2. The molecule has 130 valence electrons. The average Bonchev–Trinajstić information content (AvgIpc) is 3.14. The zero-order valence-electron chi connectivity index (χ0n) is 14.4. The second-order valence-electron chi connectivity index (χ2n) is 7.22. The van der Waals surface area contributed by atoms with Gasteiger partial charge in [-0.1, -0.05) is 0 Å². The molecule has 4 aliphatic rings. The number of hydrogen-bond donors (Lipinski definition) is 2. The van der Waals surface area contributed by atoms with Crippen molar-refractivity contribution in [3.05, 3.63) is 49.6 Å². The van der Waals surface area contributed by atoms with E-state index in [1.54, 1.807) is 12.1 Å². The Morgan fingerprint density at radius 1 is 1.27 bits per heavy atom. The molecule has 0 amide bonds. The third kappa shape index (κ3) is 1.85. The van der Waals surface area contributed by atoms with E-state index >= 15 is 0 Å². The van der Waals surface area contributed by atoms with Gasteiger partial charge in [-0.05, 0) is 49.9 Å². The van der Waals surface area contributed by atoms with Crippen LogP contribution >= 0.6 is 0 Å². The molecule has 0 aromatic heterocycles. The number of ether oxygens (including phenoxy) is 1. The number of phenols is 1. The Hall–Kier alpha value is -2.84. The van der Waals surface area contributed by atoms with E-state index in [2.05, 4.69) is 11.4 Å². The van der Waals surface area contributed by atoms with Crippen LogP contribution in [-0.2, 0) is 4.74 Å². The third-order valence-corrected chi connectivity index (χ3v) is 5.73. The van der Waals surface area contributed by atoms with Crippen LogP contribution in [0.15, 0.2) is 23.0 Å². The fourth-order valence-electron chi connectivity index (χ4n) is 4.58. The van der Waals surface area contributed by atoms with Crippen molar-refractivity contribution in [3.63, 3.8) is 0 Å². The quantitative estimate of drug-likeness (QED) is 0.707. The van der Waals surface area contributed by atoms with Crippen LogP contribution in [0.3, 0.4) is 0 Å². The third-order valence-electron chi connectivity index (χ3n) is 5.73. The van der Waals surface area contributed by atoms with Crippen molar-refractivity contribution >= 4 is 22.0 Å². The zero-order chi connectivity index (χ0) is 18.0. The van der Waals surface area contributed by atoms with Crippen LogP contribution in [0.4, 0.5) is 5.69 Å². The first-order valence-corrected chi connectivity index (χ1v) is 9.02.